The third-order valence-corrected chi connectivity index (χ3v) is 3.46. The number of nitrogens with zero attached hydrogens (tertiary/aromatic N) is 1. The summed E-state index contributed by atoms with van der Waals surface area (Å²) in [6, 6.07) is 5.68. The van der Waals surface area contributed by atoms with Gasteiger partial charge < -0.3 is 10.6 Å². The topological polar surface area (TPSA) is 29.3 Å². The zero-order valence-corrected chi connectivity index (χ0v) is 9.80. The van der Waals surface area contributed by atoms with Gasteiger partial charge in [-0.15, -0.1) is 0 Å². The first-order valence-electron chi connectivity index (χ1n) is 5.43. The highest BCUT2D eigenvalue weighted by atomic mass is 35.5. The number of nitrogens with two attached hydrogens (primary N) is 1. The maximum Gasteiger partial charge on any atom is 0.0786 e. The maximum absolute atomic E-state index is 6.15. The molecule has 1 aliphatic carbocycles. The Hall–Kier alpha value is -0.890. The molecule has 1 aliphatic rings. The largest absolute Gasteiger partial charge is 0.397 e. The predicted octanol–water partition coefficient (Wildman–Crippen LogP) is 3.16. The lowest BCUT2D eigenvalue weighted by Crippen LogP contribution is -2.29. The molecule has 2 N–H and O–H groups in total. The molecule has 0 unspecified atom stereocenters. The van der Waals surface area contributed by atoms with Gasteiger partial charge in [-0.3, -0.25) is 0 Å². The highest BCUT2D eigenvalue weighted by Gasteiger charge is 2.20. The van der Waals surface area contributed by atoms with Crippen LogP contribution in [0.2, 0.25) is 5.02 Å². The van der Waals surface area contributed by atoms with Crippen LogP contribution >= 0.6 is 11.6 Å². The summed E-state index contributed by atoms with van der Waals surface area (Å²) < 4.78 is 0. The van der Waals surface area contributed by atoms with Crippen LogP contribution in [-0.4, -0.2) is 13.6 Å². The molecular formula is C12H17ClN2. The van der Waals surface area contributed by atoms with Gasteiger partial charge in [0.05, 0.1) is 16.4 Å². The molecular weight excluding hydrogens is 208 g/mol. The van der Waals surface area contributed by atoms with E-state index >= 15 is 0 Å². The predicted molar refractivity (Wildman–Crippen MR) is 66.5 cm³/mol. The van der Waals surface area contributed by atoms with Crippen molar-refractivity contribution in [2.45, 2.75) is 19.3 Å². The summed E-state index contributed by atoms with van der Waals surface area (Å²) >= 11 is 6.15. The van der Waals surface area contributed by atoms with E-state index in [1.54, 1.807) is 0 Å². The quantitative estimate of drug-likeness (QED) is 0.800. The molecule has 0 atom stereocenters. The van der Waals surface area contributed by atoms with Crippen molar-refractivity contribution in [1.82, 2.24) is 0 Å². The lowest BCUT2D eigenvalue weighted by molar-refractivity contribution is 0.321. The van der Waals surface area contributed by atoms with Gasteiger partial charge in [-0.1, -0.05) is 24.1 Å². The minimum atomic E-state index is 0.747. The van der Waals surface area contributed by atoms with E-state index in [1.807, 2.05) is 18.2 Å². The van der Waals surface area contributed by atoms with Crippen LogP contribution in [-0.2, 0) is 0 Å². The Morgan fingerprint density at radius 1 is 1.47 bits per heavy atom. The summed E-state index contributed by atoms with van der Waals surface area (Å²) in [4.78, 5) is 2.18. The molecule has 1 aromatic rings. The molecule has 82 valence electrons. The van der Waals surface area contributed by atoms with Gasteiger partial charge in [0.25, 0.3) is 0 Å². The van der Waals surface area contributed by atoms with Crippen LogP contribution < -0.4 is 10.6 Å². The van der Waals surface area contributed by atoms with Crippen LogP contribution in [0.15, 0.2) is 18.2 Å². The second kappa shape index (κ2) is 4.31. The van der Waals surface area contributed by atoms with Gasteiger partial charge in [0.2, 0.25) is 0 Å². The van der Waals surface area contributed by atoms with Crippen molar-refractivity contribution in [2.24, 2.45) is 5.92 Å². The van der Waals surface area contributed by atoms with Crippen LogP contribution in [0.25, 0.3) is 0 Å². The van der Waals surface area contributed by atoms with Crippen LogP contribution in [0.3, 0.4) is 0 Å². The van der Waals surface area contributed by atoms with Gasteiger partial charge >= 0.3 is 0 Å². The monoisotopic (exact) mass is 224 g/mol. The van der Waals surface area contributed by atoms with Gasteiger partial charge in [-0.2, -0.15) is 0 Å². The molecule has 0 aromatic heterocycles. The van der Waals surface area contributed by atoms with Crippen molar-refractivity contribution in [3.8, 4) is 0 Å². The Labute approximate surface area is 96.0 Å². The number of anilines is 2. The molecule has 1 aromatic carbocycles. The summed E-state index contributed by atoms with van der Waals surface area (Å²) in [6.07, 6.45) is 4.06. The summed E-state index contributed by atoms with van der Waals surface area (Å²) in [5, 5.41) is 0.747. The molecule has 0 saturated heterocycles. The van der Waals surface area contributed by atoms with Crippen LogP contribution in [0.1, 0.15) is 19.3 Å². The number of hydrogen-bond acceptors (Lipinski definition) is 2. The molecule has 15 heavy (non-hydrogen) atoms. The number of rotatable bonds is 3. The van der Waals surface area contributed by atoms with Crippen molar-refractivity contribution in [1.29, 1.82) is 0 Å². The van der Waals surface area contributed by atoms with Gasteiger partial charge in [-0.05, 0) is 30.9 Å². The first-order chi connectivity index (χ1) is 7.18. The molecule has 0 amide bonds. The Kier molecular flexibility index (Phi) is 3.06. The number of hydrogen-bond donors (Lipinski definition) is 1. The van der Waals surface area contributed by atoms with E-state index in [9.17, 15) is 0 Å². The lowest BCUT2D eigenvalue weighted by Gasteiger charge is -2.32. The number of halogens is 1. The molecule has 2 rings (SSSR count). The third kappa shape index (κ3) is 2.20. The van der Waals surface area contributed by atoms with E-state index in [0.717, 1.165) is 28.9 Å². The Morgan fingerprint density at radius 3 is 2.73 bits per heavy atom. The smallest absolute Gasteiger partial charge is 0.0786 e. The van der Waals surface area contributed by atoms with Crippen LogP contribution in [0.4, 0.5) is 11.4 Å². The molecule has 2 nitrogen and oxygen atoms in total. The fraction of sp³-hybridized carbons (Fsp3) is 0.500. The fourth-order valence-corrected chi connectivity index (χ4v) is 2.41. The van der Waals surface area contributed by atoms with Gasteiger partial charge in [0.1, 0.15) is 0 Å². The van der Waals surface area contributed by atoms with E-state index < -0.39 is 0 Å². The molecule has 0 heterocycles. The summed E-state index contributed by atoms with van der Waals surface area (Å²) in [6.45, 7) is 1.06. The molecule has 0 radical (unpaired) electrons. The fourth-order valence-electron chi connectivity index (χ4n) is 2.09. The van der Waals surface area contributed by atoms with E-state index in [1.165, 1.54) is 19.3 Å². The first-order valence-corrected chi connectivity index (χ1v) is 5.81. The van der Waals surface area contributed by atoms with Crippen LogP contribution in [0, 0.1) is 5.92 Å². The van der Waals surface area contributed by atoms with Gasteiger partial charge in [-0.25, -0.2) is 0 Å². The average molecular weight is 225 g/mol. The van der Waals surface area contributed by atoms with E-state index in [0.29, 0.717) is 0 Å². The van der Waals surface area contributed by atoms with Crippen molar-refractivity contribution in [3.63, 3.8) is 0 Å². The summed E-state index contributed by atoms with van der Waals surface area (Å²) in [7, 11) is 2.07. The molecule has 0 spiro atoms. The van der Waals surface area contributed by atoms with Gasteiger partial charge in [0, 0.05) is 13.6 Å². The molecule has 0 aliphatic heterocycles. The summed E-state index contributed by atoms with van der Waals surface area (Å²) in [5.74, 6) is 0.825. The highest BCUT2D eigenvalue weighted by Crippen LogP contribution is 2.34. The third-order valence-electron chi connectivity index (χ3n) is 3.16. The first kappa shape index (κ1) is 10.6. The number of nitrogen functional groups attached to an aromatic ring is 1. The SMILES string of the molecule is CN(CC1CCC1)c1c(N)cccc1Cl. The zero-order chi connectivity index (χ0) is 10.8. The van der Waals surface area contributed by atoms with E-state index in [-0.39, 0.29) is 0 Å². The Balaban J connectivity index is 2.12. The second-order valence-electron chi connectivity index (χ2n) is 4.36. The minimum Gasteiger partial charge on any atom is -0.397 e. The minimum absolute atomic E-state index is 0.747. The van der Waals surface area contributed by atoms with Crippen LogP contribution in [0.5, 0.6) is 0 Å². The van der Waals surface area contributed by atoms with Crippen molar-refractivity contribution < 1.29 is 0 Å². The number of para-hydroxylation sites is 1. The van der Waals surface area contributed by atoms with Crippen molar-refractivity contribution in [2.75, 3.05) is 24.2 Å². The standard InChI is InChI=1S/C12H17ClN2/c1-15(8-9-4-2-5-9)12-10(13)6-3-7-11(12)14/h3,6-7,9H,2,4-5,8,14H2,1H3. The van der Waals surface area contributed by atoms with E-state index in [2.05, 4.69) is 11.9 Å². The second-order valence-corrected chi connectivity index (χ2v) is 4.76. The Morgan fingerprint density at radius 2 is 2.20 bits per heavy atom. The molecule has 1 saturated carbocycles. The molecule has 0 bridgehead atoms. The highest BCUT2D eigenvalue weighted by molar-refractivity contribution is 6.33. The molecule has 1 fully saturated rings. The lowest BCUT2D eigenvalue weighted by atomic mass is 9.85. The number of benzene rings is 1. The molecule has 3 heteroatoms. The maximum atomic E-state index is 6.15. The normalized spacial score (nSPS) is 16.1. The van der Waals surface area contributed by atoms with Crippen molar-refractivity contribution >= 4 is 23.0 Å². The zero-order valence-electron chi connectivity index (χ0n) is 9.04. The Bertz CT molecular complexity index is 327. The van der Waals surface area contributed by atoms with Crippen molar-refractivity contribution in [3.05, 3.63) is 23.2 Å². The average Bonchev–Trinajstić information content (AvgIpc) is 2.11. The van der Waals surface area contributed by atoms with Gasteiger partial charge in [0.15, 0.2) is 0 Å². The van der Waals surface area contributed by atoms with E-state index in [4.69, 9.17) is 17.3 Å². The summed E-state index contributed by atoms with van der Waals surface area (Å²) in [5.41, 5.74) is 7.68.